The van der Waals surface area contributed by atoms with Crippen molar-refractivity contribution in [2.45, 2.75) is 23.7 Å². The van der Waals surface area contributed by atoms with E-state index in [-0.39, 0.29) is 23.5 Å². The van der Waals surface area contributed by atoms with Gasteiger partial charge in [-0.3, -0.25) is 9.69 Å². The summed E-state index contributed by atoms with van der Waals surface area (Å²) in [7, 11) is -3.09. The molecule has 2 saturated heterocycles. The molecule has 1 aromatic rings. The molecule has 142 valence electrons. The molecule has 2 fully saturated rings. The fourth-order valence-corrected chi connectivity index (χ4v) is 6.69. The molecule has 0 bridgehead atoms. The van der Waals surface area contributed by atoms with Crippen molar-refractivity contribution in [3.05, 3.63) is 46.8 Å². The number of thioether (sulfide) groups is 1. The highest BCUT2D eigenvalue weighted by atomic mass is 79.9. The van der Waals surface area contributed by atoms with Crippen molar-refractivity contribution in [2.75, 3.05) is 11.5 Å². The molecule has 2 aliphatic heterocycles. The molecule has 2 unspecified atom stereocenters. The zero-order valence-corrected chi connectivity index (χ0v) is 18.2. The minimum Gasteiger partial charge on any atom is -0.457 e. The van der Waals surface area contributed by atoms with Crippen LogP contribution in [0.1, 0.15) is 24.4 Å². The van der Waals surface area contributed by atoms with Crippen LogP contribution in [0, 0.1) is 0 Å². The minimum atomic E-state index is -3.09. The van der Waals surface area contributed by atoms with Crippen LogP contribution in [0.2, 0.25) is 0 Å². The van der Waals surface area contributed by atoms with Crippen molar-refractivity contribution >= 4 is 71.6 Å². The van der Waals surface area contributed by atoms with Gasteiger partial charge in [0.2, 0.25) is 0 Å². The molecule has 2 atom stereocenters. The highest BCUT2D eigenvalue weighted by molar-refractivity contribution is 9.09. The van der Waals surface area contributed by atoms with Gasteiger partial charge in [-0.05, 0) is 25.0 Å². The lowest BCUT2D eigenvalue weighted by Crippen LogP contribution is -2.39. The second kappa shape index (κ2) is 7.35. The summed E-state index contributed by atoms with van der Waals surface area (Å²) in [6, 6.07) is 3.33. The lowest BCUT2D eigenvalue weighted by atomic mass is 10.1. The molecular weight excluding hydrogens is 470 g/mol. The molecule has 1 aromatic heterocycles. The first-order chi connectivity index (χ1) is 12.8. The standard InChI is InChI=1S/C18H16BrNO4S3/c19-12-3-1-11(2-4-12)15-6-5-14(24-15)9-16-17(21)20(18(25)26-16)13-7-8-27(22,23)10-13/h1-3,5-6,9,12-13H,4,7-8,10H2/b16-9+. The molecule has 4 rings (SSSR count). The van der Waals surface area contributed by atoms with Gasteiger partial charge in [0.25, 0.3) is 5.91 Å². The molecule has 9 heteroatoms. The quantitative estimate of drug-likeness (QED) is 0.368. The van der Waals surface area contributed by atoms with Gasteiger partial charge < -0.3 is 4.42 Å². The van der Waals surface area contributed by atoms with Crippen LogP contribution in [0.3, 0.4) is 0 Å². The van der Waals surface area contributed by atoms with E-state index < -0.39 is 9.84 Å². The Bertz CT molecular complexity index is 1010. The number of alkyl halides is 1. The van der Waals surface area contributed by atoms with Crippen LogP contribution in [0.4, 0.5) is 0 Å². The van der Waals surface area contributed by atoms with E-state index in [0.29, 0.717) is 26.2 Å². The van der Waals surface area contributed by atoms with Crippen molar-refractivity contribution in [1.29, 1.82) is 0 Å². The number of furan rings is 1. The minimum absolute atomic E-state index is 0.0212. The van der Waals surface area contributed by atoms with Crippen LogP contribution >= 0.6 is 39.9 Å². The van der Waals surface area contributed by atoms with Crippen molar-refractivity contribution in [3.8, 4) is 0 Å². The number of allylic oxidation sites excluding steroid dienone is 4. The van der Waals surface area contributed by atoms with Crippen LogP contribution in [0.25, 0.3) is 11.6 Å². The lowest BCUT2D eigenvalue weighted by molar-refractivity contribution is -0.123. The van der Waals surface area contributed by atoms with Gasteiger partial charge in [0, 0.05) is 16.5 Å². The Balaban J connectivity index is 1.53. The third kappa shape index (κ3) is 4.01. The van der Waals surface area contributed by atoms with Gasteiger partial charge in [-0.2, -0.15) is 0 Å². The van der Waals surface area contributed by atoms with Gasteiger partial charge in [0.1, 0.15) is 15.8 Å². The lowest BCUT2D eigenvalue weighted by Gasteiger charge is -2.20. The Kier molecular flexibility index (Phi) is 5.22. The van der Waals surface area contributed by atoms with E-state index >= 15 is 0 Å². The third-order valence-electron chi connectivity index (χ3n) is 4.63. The normalized spacial score (nSPS) is 29.0. The Labute approximate surface area is 175 Å². The number of nitrogens with zero attached hydrogens (tertiary/aromatic N) is 1. The zero-order valence-electron chi connectivity index (χ0n) is 14.1. The maximum Gasteiger partial charge on any atom is 0.266 e. The van der Waals surface area contributed by atoms with E-state index in [4.69, 9.17) is 16.6 Å². The Morgan fingerprint density at radius 2 is 2.19 bits per heavy atom. The molecule has 3 aliphatic rings. The van der Waals surface area contributed by atoms with Gasteiger partial charge in [0.05, 0.1) is 22.5 Å². The average molecular weight is 486 g/mol. The maximum atomic E-state index is 12.7. The van der Waals surface area contributed by atoms with Crippen LogP contribution in [0.15, 0.2) is 39.7 Å². The number of halogens is 1. The largest absolute Gasteiger partial charge is 0.457 e. The summed E-state index contributed by atoms with van der Waals surface area (Å²) < 4.78 is 29.7. The van der Waals surface area contributed by atoms with Gasteiger partial charge in [-0.15, -0.1) is 0 Å². The molecular formula is C18H16BrNO4S3. The van der Waals surface area contributed by atoms with E-state index in [9.17, 15) is 13.2 Å². The Hall–Kier alpha value is -1.16. The second-order valence-electron chi connectivity index (χ2n) is 6.58. The topological polar surface area (TPSA) is 67.6 Å². The van der Waals surface area contributed by atoms with Crippen LogP contribution in [-0.2, 0) is 14.6 Å². The number of hydrogen-bond acceptors (Lipinski definition) is 6. The molecule has 3 heterocycles. The number of hydrogen-bond donors (Lipinski definition) is 0. The summed E-state index contributed by atoms with van der Waals surface area (Å²) in [6.07, 6.45) is 9.17. The number of amides is 1. The molecule has 0 spiro atoms. The third-order valence-corrected chi connectivity index (χ3v) is 8.39. The van der Waals surface area contributed by atoms with Crippen LogP contribution < -0.4 is 0 Å². The predicted molar refractivity (Wildman–Crippen MR) is 115 cm³/mol. The predicted octanol–water partition coefficient (Wildman–Crippen LogP) is 3.77. The van der Waals surface area contributed by atoms with E-state index in [1.807, 2.05) is 18.2 Å². The van der Waals surface area contributed by atoms with Crippen molar-refractivity contribution in [2.24, 2.45) is 0 Å². The van der Waals surface area contributed by atoms with E-state index in [1.165, 1.54) is 16.7 Å². The van der Waals surface area contributed by atoms with E-state index in [1.54, 1.807) is 6.08 Å². The summed E-state index contributed by atoms with van der Waals surface area (Å²) >= 11 is 10.0. The van der Waals surface area contributed by atoms with Crippen LogP contribution in [0.5, 0.6) is 0 Å². The maximum absolute atomic E-state index is 12.7. The Morgan fingerprint density at radius 3 is 2.85 bits per heavy atom. The molecule has 0 saturated carbocycles. The highest BCUT2D eigenvalue weighted by Crippen LogP contribution is 2.37. The first-order valence-electron chi connectivity index (χ1n) is 8.42. The monoisotopic (exact) mass is 485 g/mol. The number of thiocarbonyl (C=S) groups is 1. The molecule has 0 aromatic carbocycles. The number of carbonyl (C=O) groups is 1. The van der Waals surface area contributed by atoms with Crippen molar-refractivity contribution < 1.29 is 17.6 Å². The smallest absolute Gasteiger partial charge is 0.266 e. The average Bonchev–Trinajstić information content (AvgIpc) is 3.28. The van der Waals surface area contributed by atoms with Crippen molar-refractivity contribution in [3.63, 3.8) is 0 Å². The van der Waals surface area contributed by atoms with Gasteiger partial charge in [-0.25, -0.2) is 8.42 Å². The second-order valence-corrected chi connectivity index (χ2v) is 11.7. The fraction of sp³-hybridized carbons (Fsp3) is 0.333. The summed E-state index contributed by atoms with van der Waals surface area (Å²) in [6.45, 7) is 0. The SMILES string of the molecule is O=C1/C(=C\c2ccc(C3=CCC(Br)C=C3)o2)SC(=S)N1C1CCS(=O)(=O)C1. The summed E-state index contributed by atoms with van der Waals surface area (Å²) in [5.41, 5.74) is 1.01. The van der Waals surface area contributed by atoms with E-state index in [0.717, 1.165) is 17.8 Å². The molecule has 1 amide bonds. The molecule has 0 N–H and O–H groups in total. The van der Waals surface area contributed by atoms with Gasteiger partial charge >= 0.3 is 0 Å². The highest BCUT2D eigenvalue weighted by Gasteiger charge is 2.42. The summed E-state index contributed by atoms with van der Waals surface area (Å²) in [4.78, 5) is 15.0. The fourth-order valence-electron chi connectivity index (χ4n) is 3.27. The van der Waals surface area contributed by atoms with Crippen LogP contribution in [-0.4, -0.2) is 45.9 Å². The first kappa shape index (κ1) is 19.2. The number of rotatable bonds is 3. The van der Waals surface area contributed by atoms with Gasteiger partial charge in [0.15, 0.2) is 9.84 Å². The number of sulfone groups is 1. The summed E-state index contributed by atoms with van der Waals surface area (Å²) in [5.74, 6) is 1.15. The Morgan fingerprint density at radius 1 is 1.37 bits per heavy atom. The molecule has 0 radical (unpaired) electrons. The van der Waals surface area contributed by atoms with Crippen molar-refractivity contribution in [1.82, 2.24) is 4.90 Å². The summed E-state index contributed by atoms with van der Waals surface area (Å²) in [5, 5.41) is 0. The molecule has 1 aliphatic carbocycles. The molecule has 5 nitrogen and oxygen atoms in total. The number of carbonyl (C=O) groups excluding carboxylic acids is 1. The molecule has 27 heavy (non-hydrogen) atoms. The first-order valence-corrected chi connectivity index (χ1v) is 12.4. The zero-order chi connectivity index (χ0) is 19.2. The van der Waals surface area contributed by atoms with Gasteiger partial charge in [-0.1, -0.05) is 58.1 Å². The van der Waals surface area contributed by atoms with E-state index in [2.05, 4.69) is 28.1 Å².